The van der Waals surface area contributed by atoms with E-state index in [9.17, 15) is 9.18 Å². The number of halogens is 2. The fourth-order valence-electron chi connectivity index (χ4n) is 1.33. The Morgan fingerprint density at radius 3 is 2.82 bits per heavy atom. The molecule has 0 saturated heterocycles. The molecule has 1 rings (SSSR count). The molecule has 0 bridgehead atoms. The van der Waals surface area contributed by atoms with Crippen molar-refractivity contribution in [3.63, 3.8) is 0 Å². The Bertz CT molecular complexity index is 453. The fraction of sp³-hybridized carbons (Fsp3) is 0.273. The van der Waals surface area contributed by atoms with Crippen molar-refractivity contribution in [3.8, 4) is 0 Å². The lowest BCUT2D eigenvalue weighted by Crippen LogP contribution is -2.35. The minimum atomic E-state index is -0.399. The highest BCUT2D eigenvalue weighted by molar-refractivity contribution is 9.10. The van der Waals surface area contributed by atoms with Crippen molar-refractivity contribution in [2.45, 2.75) is 19.4 Å². The van der Waals surface area contributed by atoms with Gasteiger partial charge in [-0.3, -0.25) is 4.79 Å². The van der Waals surface area contributed by atoms with Gasteiger partial charge in [-0.1, -0.05) is 12.2 Å². The van der Waals surface area contributed by atoms with Crippen molar-refractivity contribution in [1.29, 1.82) is 0 Å². The second-order valence-electron chi connectivity index (χ2n) is 3.67. The highest BCUT2D eigenvalue weighted by atomic mass is 79.9. The third kappa shape index (κ3) is 4.40. The Labute approximate surface area is 113 Å². The second kappa shape index (κ2) is 6.07. The van der Waals surface area contributed by atoms with E-state index < -0.39 is 5.82 Å². The van der Waals surface area contributed by atoms with E-state index in [4.69, 9.17) is 18.0 Å². The average Bonchev–Trinajstić information content (AvgIpc) is 2.15. The molecule has 3 nitrogen and oxygen atoms in total. The van der Waals surface area contributed by atoms with Crippen molar-refractivity contribution in [2.24, 2.45) is 5.73 Å². The number of hydrogen-bond donors (Lipinski definition) is 2. The molecule has 0 aromatic heterocycles. The molecule has 1 aromatic carbocycles. The molecule has 6 heteroatoms. The smallest absolute Gasteiger partial charge is 0.252 e. The first kappa shape index (κ1) is 14.1. The number of thiocarbonyl (C=S) groups is 1. The molecule has 0 saturated carbocycles. The van der Waals surface area contributed by atoms with Gasteiger partial charge in [0.15, 0.2) is 0 Å². The Balaban J connectivity index is 2.73. The molecule has 0 fully saturated rings. The van der Waals surface area contributed by atoms with Gasteiger partial charge < -0.3 is 11.1 Å². The average molecular weight is 319 g/mol. The summed E-state index contributed by atoms with van der Waals surface area (Å²) in [5.41, 5.74) is 5.75. The van der Waals surface area contributed by atoms with Crippen LogP contribution in [0.3, 0.4) is 0 Å². The maximum Gasteiger partial charge on any atom is 0.252 e. The highest BCUT2D eigenvalue weighted by Crippen LogP contribution is 2.18. The second-order valence-corrected chi connectivity index (χ2v) is 5.05. The van der Waals surface area contributed by atoms with Crippen LogP contribution in [-0.4, -0.2) is 16.9 Å². The van der Waals surface area contributed by atoms with Crippen LogP contribution in [0.4, 0.5) is 4.39 Å². The number of benzene rings is 1. The van der Waals surface area contributed by atoms with Crippen LogP contribution in [0.2, 0.25) is 0 Å². The molecule has 1 unspecified atom stereocenters. The number of nitrogens with one attached hydrogen (secondary N) is 1. The first-order valence-corrected chi connectivity index (χ1v) is 6.14. The van der Waals surface area contributed by atoms with E-state index in [1.165, 1.54) is 18.2 Å². The van der Waals surface area contributed by atoms with Crippen LogP contribution in [-0.2, 0) is 0 Å². The molecule has 0 aliphatic carbocycles. The topological polar surface area (TPSA) is 55.1 Å². The molecule has 0 heterocycles. The third-order valence-corrected chi connectivity index (χ3v) is 2.88. The Morgan fingerprint density at radius 2 is 2.29 bits per heavy atom. The molecule has 1 amide bonds. The molecule has 92 valence electrons. The van der Waals surface area contributed by atoms with Crippen LogP contribution in [0.5, 0.6) is 0 Å². The van der Waals surface area contributed by atoms with Crippen LogP contribution in [0.25, 0.3) is 0 Å². The van der Waals surface area contributed by atoms with Crippen LogP contribution in [0.15, 0.2) is 22.7 Å². The first-order valence-electron chi connectivity index (χ1n) is 4.94. The van der Waals surface area contributed by atoms with E-state index in [0.717, 1.165) is 0 Å². The van der Waals surface area contributed by atoms with Gasteiger partial charge in [0.2, 0.25) is 0 Å². The van der Waals surface area contributed by atoms with Gasteiger partial charge in [0.05, 0.1) is 10.6 Å². The van der Waals surface area contributed by atoms with E-state index >= 15 is 0 Å². The summed E-state index contributed by atoms with van der Waals surface area (Å²) >= 11 is 7.89. The minimum absolute atomic E-state index is 0.156. The number of rotatable bonds is 4. The molecule has 0 spiro atoms. The summed E-state index contributed by atoms with van der Waals surface area (Å²) < 4.78 is 13.3. The summed E-state index contributed by atoms with van der Waals surface area (Å²) in [6, 6.07) is 3.74. The van der Waals surface area contributed by atoms with Crippen LogP contribution in [0.1, 0.15) is 23.7 Å². The summed E-state index contributed by atoms with van der Waals surface area (Å²) in [5, 5.41) is 2.73. The van der Waals surface area contributed by atoms with Gasteiger partial charge in [-0.05, 0) is 41.1 Å². The predicted molar refractivity (Wildman–Crippen MR) is 72.4 cm³/mol. The monoisotopic (exact) mass is 318 g/mol. The lowest BCUT2D eigenvalue weighted by molar-refractivity contribution is 0.0940. The maximum absolute atomic E-state index is 12.9. The van der Waals surface area contributed by atoms with Crippen molar-refractivity contribution in [1.82, 2.24) is 5.32 Å². The van der Waals surface area contributed by atoms with Gasteiger partial charge in [0.25, 0.3) is 5.91 Å². The molecule has 1 aromatic rings. The summed E-state index contributed by atoms with van der Waals surface area (Å²) in [4.78, 5) is 12.2. The number of amides is 1. The molecule has 0 aliphatic heterocycles. The van der Waals surface area contributed by atoms with E-state index in [1.807, 2.05) is 0 Å². The lowest BCUT2D eigenvalue weighted by Gasteiger charge is -2.13. The zero-order chi connectivity index (χ0) is 13.0. The van der Waals surface area contributed by atoms with E-state index in [0.29, 0.717) is 21.4 Å². The Kier molecular flexibility index (Phi) is 5.02. The highest BCUT2D eigenvalue weighted by Gasteiger charge is 2.13. The van der Waals surface area contributed by atoms with Crippen molar-refractivity contribution >= 4 is 39.0 Å². The first-order chi connectivity index (χ1) is 7.90. The summed E-state index contributed by atoms with van der Waals surface area (Å²) in [6.45, 7) is 1.80. The van der Waals surface area contributed by atoms with Crippen LogP contribution in [0, 0.1) is 5.82 Å². The lowest BCUT2D eigenvalue weighted by atomic mass is 10.1. The van der Waals surface area contributed by atoms with Gasteiger partial charge in [-0.15, -0.1) is 0 Å². The van der Waals surface area contributed by atoms with Crippen LogP contribution < -0.4 is 11.1 Å². The Hall–Kier alpha value is -1.01. The molecule has 17 heavy (non-hydrogen) atoms. The molecule has 0 aliphatic rings. The normalized spacial score (nSPS) is 11.9. The fourth-order valence-corrected chi connectivity index (χ4v) is 2.11. The largest absolute Gasteiger partial charge is 0.393 e. The van der Waals surface area contributed by atoms with Gasteiger partial charge in [0.1, 0.15) is 5.82 Å². The molecule has 3 N–H and O–H groups in total. The molecular weight excluding hydrogens is 307 g/mol. The number of carbonyl (C=O) groups excluding carboxylic acids is 1. The zero-order valence-corrected chi connectivity index (χ0v) is 11.6. The maximum atomic E-state index is 12.9. The third-order valence-electron chi connectivity index (χ3n) is 2.06. The van der Waals surface area contributed by atoms with Gasteiger partial charge in [-0.25, -0.2) is 4.39 Å². The molecule has 0 radical (unpaired) electrons. The van der Waals surface area contributed by atoms with Crippen molar-refractivity contribution in [2.75, 3.05) is 0 Å². The minimum Gasteiger partial charge on any atom is -0.393 e. The number of hydrogen-bond acceptors (Lipinski definition) is 2. The SMILES string of the molecule is CC(CC(N)=S)NC(=O)c1ccc(F)cc1Br. The Morgan fingerprint density at radius 1 is 1.65 bits per heavy atom. The molecular formula is C11H12BrFN2OS. The van der Waals surface area contributed by atoms with Crippen molar-refractivity contribution < 1.29 is 9.18 Å². The van der Waals surface area contributed by atoms with E-state index in [1.54, 1.807) is 6.92 Å². The number of carbonyl (C=O) groups is 1. The van der Waals surface area contributed by atoms with Gasteiger partial charge >= 0.3 is 0 Å². The van der Waals surface area contributed by atoms with E-state index in [2.05, 4.69) is 21.2 Å². The summed E-state index contributed by atoms with van der Waals surface area (Å²) in [5.74, 6) is -0.690. The zero-order valence-electron chi connectivity index (χ0n) is 9.17. The number of nitrogens with two attached hydrogens (primary N) is 1. The molecule has 1 atom stereocenters. The summed E-state index contributed by atoms with van der Waals surface area (Å²) in [7, 11) is 0. The standard InChI is InChI=1S/C11H12BrFN2OS/c1-6(4-10(14)17)15-11(16)8-3-2-7(13)5-9(8)12/h2-3,5-6H,4H2,1H3,(H2,14,17)(H,15,16). The van der Waals surface area contributed by atoms with E-state index in [-0.39, 0.29) is 11.9 Å². The van der Waals surface area contributed by atoms with Crippen LogP contribution >= 0.6 is 28.1 Å². The quantitative estimate of drug-likeness (QED) is 0.838. The van der Waals surface area contributed by atoms with Gasteiger partial charge in [0, 0.05) is 16.9 Å². The predicted octanol–water partition coefficient (Wildman–Crippen LogP) is 2.38. The van der Waals surface area contributed by atoms with Crippen molar-refractivity contribution in [3.05, 3.63) is 34.1 Å². The van der Waals surface area contributed by atoms with Gasteiger partial charge in [-0.2, -0.15) is 0 Å². The summed E-state index contributed by atoms with van der Waals surface area (Å²) in [6.07, 6.45) is 0.430.